The fraction of sp³-hybridized carbons (Fsp3) is 0.579. The predicted molar refractivity (Wildman–Crippen MR) is 95.7 cm³/mol. The quantitative estimate of drug-likeness (QED) is 0.799. The number of carbonyl (C=O) groups is 2. The van der Waals surface area contributed by atoms with Gasteiger partial charge in [0.2, 0.25) is 11.8 Å². The van der Waals surface area contributed by atoms with Gasteiger partial charge in [0, 0.05) is 13.5 Å². The predicted octanol–water partition coefficient (Wildman–Crippen LogP) is 3.33. The van der Waals surface area contributed by atoms with Crippen LogP contribution in [0.3, 0.4) is 0 Å². The maximum absolute atomic E-state index is 12.2. The van der Waals surface area contributed by atoms with E-state index in [0.29, 0.717) is 12.5 Å². The Hall–Kier alpha value is -1.84. The molecule has 4 heteroatoms. The highest BCUT2D eigenvalue weighted by Crippen LogP contribution is 2.27. The first kappa shape index (κ1) is 19.2. The molecule has 4 nitrogen and oxygen atoms in total. The second kappa shape index (κ2) is 9.33. The van der Waals surface area contributed by atoms with Gasteiger partial charge in [0.05, 0.1) is 5.69 Å². The number of carbonyl (C=O) groups excluding carboxylic acids is 2. The molecule has 0 saturated heterocycles. The van der Waals surface area contributed by atoms with E-state index in [-0.39, 0.29) is 18.4 Å². The van der Waals surface area contributed by atoms with Crippen molar-refractivity contribution in [2.45, 2.75) is 53.9 Å². The molecule has 0 aliphatic rings. The molecular weight excluding hydrogens is 288 g/mol. The summed E-state index contributed by atoms with van der Waals surface area (Å²) in [5, 5.41) is 2.91. The van der Waals surface area contributed by atoms with E-state index in [1.54, 1.807) is 4.90 Å². The molecule has 0 aliphatic carbocycles. The van der Waals surface area contributed by atoms with Crippen molar-refractivity contribution >= 4 is 17.5 Å². The van der Waals surface area contributed by atoms with E-state index >= 15 is 0 Å². The summed E-state index contributed by atoms with van der Waals surface area (Å²) in [6.07, 6.45) is 2.61. The Morgan fingerprint density at radius 1 is 1.13 bits per heavy atom. The molecule has 0 heterocycles. The molecule has 1 rings (SSSR count). The first-order chi connectivity index (χ1) is 10.9. The fourth-order valence-corrected chi connectivity index (χ4v) is 2.61. The zero-order valence-electron chi connectivity index (χ0n) is 15.1. The molecule has 23 heavy (non-hydrogen) atoms. The highest BCUT2D eigenvalue weighted by atomic mass is 16.2. The number of nitrogens with one attached hydrogen (secondary N) is 1. The van der Waals surface area contributed by atoms with Crippen LogP contribution in [-0.4, -0.2) is 24.9 Å². The standard InChI is InChI=1S/C19H30N2O2/c1-6-16-9-8-10-17(7-2)19(16)21(15(5)22)13-18(23)20-12-11-14(3)4/h8-10,14H,6-7,11-13H2,1-5H3,(H,20,23). The van der Waals surface area contributed by atoms with Crippen LogP contribution in [0, 0.1) is 5.92 Å². The van der Waals surface area contributed by atoms with Gasteiger partial charge in [0.1, 0.15) is 6.54 Å². The average Bonchev–Trinajstić information content (AvgIpc) is 2.51. The highest BCUT2D eigenvalue weighted by molar-refractivity contribution is 5.98. The fourth-order valence-electron chi connectivity index (χ4n) is 2.61. The molecule has 0 fully saturated rings. The molecule has 0 atom stereocenters. The summed E-state index contributed by atoms with van der Waals surface area (Å²) in [6, 6.07) is 6.07. The number of anilines is 1. The topological polar surface area (TPSA) is 49.4 Å². The molecule has 0 aromatic heterocycles. The summed E-state index contributed by atoms with van der Waals surface area (Å²) >= 11 is 0. The summed E-state index contributed by atoms with van der Waals surface area (Å²) in [5.41, 5.74) is 3.12. The van der Waals surface area contributed by atoms with E-state index in [1.807, 2.05) is 18.2 Å². The number of amides is 2. The van der Waals surface area contributed by atoms with Crippen molar-refractivity contribution < 1.29 is 9.59 Å². The van der Waals surface area contributed by atoms with Gasteiger partial charge in [0.15, 0.2) is 0 Å². The van der Waals surface area contributed by atoms with Crippen LogP contribution in [0.4, 0.5) is 5.69 Å². The van der Waals surface area contributed by atoms with E-state index in [4.69, 9.17) is 0 Å². The smallest absolute Gasteiger partial charge is 0.240 e. The molecule has 0 bridgehead atoms. The number of benzene rings is 1. The summed E-state index contributed by atoms with van der Waals surface area (Å²) < 4.78 is 0. The third-order valence-corrected chi connectivity index (χ3v) is 3.96. The number of hydrogen-bond acceptors (Lipinski definition) is 2. The van der Waals surface area contributed by atoms with Gasteiger partial charge in [-0.2, -0.15) is 0 Å². The van der Waals surface area contributed by atoms with Crippen LogP contribution in [0.15, 0.2) is 18.2 Å². The third kappa shape index (κ3) is 5.70. The first-order valence-corrected chi connectivity index (χ1v) is 8.56. The lowest BCUT2D eigenvalue weighted by atomic mass is 10.0. The van der Waals surface area contributed by atoms with Crippen LogP contribution in [0.5, 0.6) is 0 Å². The van der Waals surface area contributed by atoms with Crippen molar-refractivity contribution in [2.75, 3.05) is 18.0 Å². The normalized spacial score (nSPS) is 10.7. The lowest BCUT2D eigenvalue weighted by Gasteiger charge is -2.26. The van der Waals surface area contributed by atoms with Crippen molar-refractivity contribution in [3.05, 3.63) is 29.3 Å². The molecule has 0 unspecified atom stereocenters. The summed E-state index contributed by atoms with van der Waals surface area (Å²) in [6.45, 7) is 10.6. The van der Waals surface area contributed by atoms with Gasteiger partial charge in [-0.3, -0.25) is 9.59 Å². The zero-order chi connectivity index (χ0) is 17.4. The van der Waals surface area contributed by atoms with E-state index < -0.39 is 0 Å². The molecule has 0 saturated carbocycles. The lowest BCUT2D eigenvalue weighted by molar-refractivity contribution is -0.123. The molecule has 0 aliphatic heterocycles. The van der Waals surface area contributed by atoms with E-state index in [0.717, 1.165) is 36.1 Å². The Balaban J connectivity index is 2.95. The van der Waals surface area contributed by atoms with Crippen LogP contribution in [0.2, 0.25) is 0 Å². The van der Waals surface area contributed by atoms with Crippen molar-refractivity contribution in [1.82, 2.24) is 5.32 Å². The monoisotopic (exact) mass is 318 g/mol. The Labute approximate surface area is 140 Å². The van der Waals surface area contributed by atoms with Crippen LogP contribution >= 0.6 is 0 Å². The second-order valence-electron chi connectivity index (χ2n) is 6.27. The largest absolute Gasteiger partial charge is 0.355 e. The minimum absolute atomic E-state index is 0.0808. The zero-order valence-corrected chi connectivity index (χ0v) is 15.1. The van der Waals surface area contributed by atoms with E-state index in [1.165, 1.54) is 6.92 Å². The lowest BCUT2D eigenvalue weighted by Crippen LogP contribution is -2.41. The van der Waals surface area contributed by atoms with Crippen LogP contribution in [-0.2, 0) is 22.4 Å². The maximum Gasteiger partial charge on any atom is 0.240 e. The van der Waals surface area contributed by atoms with Gasteiger partial charge in [-0.05, 0) is 36.3 Å². The molecular formula is C19H30N2O2. The maximum atomic E-state index is 12.2. The SMILES string of the molecule is CCc1cccc(CC)c1N(CC(=O)NCCC(C)C)C(C)=O. The van der Waals surface area contributed by atoms with Gasteiger partial charge in [-0.25, -0.2) is 0 Å². The minimum atomic E-state index is -0.103. The van der Waals surface area contributed by atoms with Crippen molar-refractivity contribution in [2.24, 2.45) is 5.92 Å². The third-order valence-electron chi connectivity index (χ3n) is 3.96. The number of aryl methyl sites for hydroxylation is 2. The Kier molecular flexibility index (Phi) is 7.79. The highest BCUT2D eigenvalue weighted by Gasteiger charge is 2.20. The minimum Gasteiger partial charge on any atom is -0.355 e. The Morgan fingerprint density at radius 3 is 2.13 bits per heavy atom. The summed E-state index contributed by atoms with van der Waals surface area (Å²) in [7, 11) is 0. The Morgan fingerprint density at radius 2 is 1.70 bits per heavy atom. The summed E-state index contributed by atoms with van der Waals surface area (Å²) in [4.78, 5) is 26.0. The van der Waals surface area contributed by atoms with Gasteiger partial charge in [-0.1, -0.05) is 45.9 Å². The van der Waals surface area contributed by atoms with Crippen molar-refractivity contribution in [1.29, 1.82) is 0 Å². The van der Waals surface area contributed by atoms with Gasteiger partial charge in [0.25, 0.3) is 0 Å². The first-order valence-electron chi connectivity index (χ1n) is 8.56. The number of para-hydroxylation sites is 1. The van der Waals surface area contributed by atoms with Crippen molar-refractivity contribution in [3.63, 3.8) is 0 Å². The van der Waals surface area contributed by atoms with Crippen LogP contribution in [0.25, 0.3) is 0 Å². The van der Waals surface area contributed by atoms with Crippen LogP contribution < -0.4 is 10.2 Å². The number of nitrogens with zero attached hydrogens (tertiary/aromatic N) is 1. The van der Waals surface area contributed by atoms with Gasteiger partial charge in [-0.15, -0.1) is 0 Å². The molecule has 0 spiro atoms. The summed E-state index contributed by atoms with van der Waals surface area (Å²) in [5.74, 6) is 0.347. The van der Waals surface area contributed by atoms with E-state index in [2.05, 4.69) is 33.0 Å². The molecule has 1 aromatic rings. The van der Waals surface area contributed by atoms with Crippen LogP contribution in [0.1, 0.15) is 52.2 Å². The molecule has 2 amide bonds. The van der Waals surface area contributed by atoms with E-state index in [9.17, 15) is 9.59 Å². The number of hydrogen-bond donors (Lipinski definition) is 1. The second-order valence-corrected chi connectivity index (χ2v) is 6.27. The van der Waals surface area contributed by atoms with Gasteiger partial charge < -0.3 is 10.2 Å². The number of rotatable bonds is 8. The van der Waals surface area contributed by atoms with Gasteiger partial charge >= 0.3 is 0 Å². The molecule has 1 N–H and O–H groups in total. The average molecular weight is 318 g/mol. The Bertz CT molecular complexity index is 516. The molecule has 1 aromatic carbocycles. The van der Waals surface area contributed by atoms with Crippen molar-refractivity contribution in [3.8, 4) is 0 Å². The molecule has 128 valence electrons. The molecule has 0 radical (unpaired) electrons.